The van der Waals surface area contributed by atoms with E-state index in [1.165, 1.54) is 0 Å². The largest absolute Gasteiger partial charge is 0.504 e. The first-order valence-electron chi connectivity index (χ1n) is 4.89. The van der Waals surface area contributed by atoms with Crippen molar-refractivity contribution >= 4 is 15.9 Å². The predicted molar refractivity (Wildman–Crippen MR) is 65.6 cm³/mol. The van der Waals surface area contributed by atoms with E-state index in [1.54, 1.807) is 18.2 Å². The molecular formula is C12H12BrNO2. The Morgan fingerprint density at radius 1 is 1.25 bits per heavy atom. The van der Waals surface area contributed by atoms with Crippen LogP contribution in [0.5, 0.6) is 11.5 Å². The van der Waals surface area contributed by atoms with E-state index in [4.69, 9.17) is 4.74 Å². The van der Waals surface area contributed by atoms with Gasteiger partial charge in [0.25, 0.3) is 0 Å². The minimum absolute atomic E-state index is 0.163. The Balaban J connectivity index is 2.08. The van der Waals surface area contributed by atoms with Crippen LogP contribution in [0.1, 0.15) is 5.69 Å². The van der Waals surface area contributed by atoms with Crippen LogP contribution in [0.25, 0.3) is 0 Å². The monoisotopic (exact) mass is 281 g/mol. The molecule has 1 N–H and O–H groups in total. The molecule has 0 amide bonds. The number of hydrogen-bond donors (Lipinski definition) is 1. The minimum Gasteiger partial charge on any atom is -0.504 e. The lowest BCUT2D eigenvalue weighted by atomic mass is 10.3. The summed E-state index contributed by atoms with van der Waals surface area (Å²) in [7, 11) is 1.95. The summed E-state index contributed by atoms with van der Waals surface area (Å²) < 4.78 is 8.51. The van der Waals surface area contributed by atoms with Gasteiger partial charge >= 0.3 is 0 Å². The molecule has 1 aromatic carbocycles. The van der Waals surface area contributed by atoms with E-state index in [2.05, 4.69) is 15.9 Å². The fourth-order valence-electron chi connectivity index (χ4n) is 1.40. The lowest BCUT2D eigenvalue weighted by Gasteiger charge is -2.08. The van der Waals surface area contributed by atoms with E-state index in [9.17, 15) is 5.11 Å². The molecule has 0 atom stereocenters. The molecule has 84 valence electrons. The van der Waals surface area contributed by atoms with Crippen LogP contribution in [0.15, 0.2) is 41.0 Å². The summed E-state index contributed by atoms with van der Waals surface area (Å²) in [4.78, 5) is 0. The van der Waals surface area contributed by atoms with Crippen LogP contribution >= 0.6 is 15.9 Å². The molecule has 0 aliphatic carbocycles. The van der Waals surface area contributed by atoms with Gasteiger partial charge in [-0.15, -0.1) is 0 Å². The minimum atomic E-state index is 0.163. The molecule has 2 aromatic rings. The van der Waals surface area contributed by atoms with Gasteiger partial charge in [-0.2, -0.15) is 0 Å². The highest BCUT2D eigenvalue weighted by Crippen LogP contribution is 2.25. The number of hydrogen-bond acceptors (Lipinski definition) is 2. The van der Waals surface area contributed by atoms with Gasteiger partial charge < -0.3 is 14.4 Å². The van der Waals surface area contributed by atoms with Gasteiger partial charge in [0.2, 0.25) is 0 Å². The van der Waals surface area contributed by atoms with Gasteiger partial charge in [-0.25, -0.2) is 0 Å². The SMILES string of the molecule is Cn1c(Br)ccc1COc1ccccc1O. The van der Waals surface area contributed by atoms with Gasteiger partial charge in [-0.05, 0) is 40.2 Å². The summed E-state index contributed by atoms with van der Waals surface area (Å²) in [6.45, 7) is 0.430. The Hall–Kier alpha value is -1.42. The van der Waals surface area contributed by atoms with Gasteiger partial charge in [0.1, 0.15) is 6.61 Å². The van der Waals surface area contributed by atoms with Crippen molar-refractivity contribution in [1.29, 1.82) is 0 Å². The third kappa shape index (κ3) is 2.22. The molecule has 0 radical (unpaired) electrons. The van der Waals surface area contributed by atoms with Crippen molar-refractivity contribution < 1.29 is 9.84 Å². The molecule has 0 saturated heterocycles. The number of ether oxygens (including phenoxy) is 1. The molecule has 1 heterocycles. The number of phenolic OH excluding ortho intramolecular Hbond substituents is 1. The molecule has 0 fully saturated rings. The van der Waals surface area contributed by atoms with Gasteiger partial charge in [0.15, 0.2) is 11.5 Å². The lowest BCUT2D eigenvalue weighted by Crippen LogP contribution is -2.02. The maximum absolute atomic E-state index is 9.52. The summed E-state index contributed by atoms with van der Waals surface area (Å²) in [6, 6.07) is 10.9. The highest BCUT2D eigenvalue weighted by Gasteiger charge is 2.05. The number of nitrogens with zero attached hydrogens (tertiary/aromatic N) is 1. The van der Waals surface area contributed by atoms with E-state index in [0.29, 0.717) is 12.4 Å². The molecule has 0 bridgehead atoms. The number of halogens is 1. The second kappa shape index (κ2) is 4.61. The first kappa shape index (κ1) is 11.1. The first-order chi connectivity index (χ1) is 7.68. The molecular weight excluding hydrogens is 270 g/mol. The highest BCUT2D eigenvalue weighted by atomic mass is 79.9. The average Bonchev–Trinajstić information content (AvgIpc) is 2.59. The molecule has 16 heavy (non-hydrogen) atoms. The zero-order chi connectivity index (χ0) is 11.5. The number of rotatable bonds is 3. The normalized spacial score (nSPS) is 10.4. The third-order valence-electron chi connectivity index (χ3n) is 2.41. The van der Waals surface area contributed by atoms with E-state index < -0.39 is 0 Å². The van der Waals surface area contributed by atoms with Gasteiger partial charge in [-0.1, -0.05) is 12.1 Å². The van der Waals surface area contributed by atoms with Crippen molar-refractivity contribution in [3.05, 3.63) is 46.7 Å². The Kier molecular flexibility index (Phi) is 3.19. The highest BCUT2D eigenvalue weighted by molar-refractivity contribution is 9.10. The summed E-state index contributed by atoms with van der Waals surface area (Å²) >= 11 is 3.41. The molecule has 4 heteroatoms. The molecule has 0 saturated carbocycles. The third-order valence-corrected chi connectivity index (χ3v) is 3.20. The number of phenols is 1. The summed E-state index contributed by atoms with van der Waals surface area (Å²) in [5.74, 6) is 0.663. The van der Waals surface area contributed by atoms with Crippen LogP contribution < -0.4 is 4.74 Å². The smallest absolute Gasteiger partial charge is 0.161 e. The summed E-state index contributed by atoms with van der Waals surface area (Å²) in [5, 5.41) is 9.52. The predicted octanol–water partition coefficient (Wildman–Crippen LogP) is 3.07. The van der Waals surface area contributed by atoms with Gasteiger partial charge in [0, 0.05) is 7.05 Å². The molecule has 0 aliphatic heterocycles. The summed E-state index contributed by atoms with van der Waals surface area (Å²) in [5.41, 5.74) is 1.04. The Bertz CT molecular complexity index is 494. The van der Waals surface area contributed by atoms with Crippen LogP contribution in [0, 0.1) is 0 Å². The Morgan fingerprint density at radius 3 is 2.62 bits per heavy atom. The van der Waals surface area contributed by atoms with Crippen molar-refractivity contribution in [3.63, 3.8) is 0 Å². The van der Waals surface area contributed by atoms with Crippen molar-refractivity contribution in [1.82, 2.24) is 4.57 Å². The van der Waals surface area contributed by atoms with E-state index in [0.717, 1.165) is 10.3 Å². The molecule has 0 spiro atoms. The maximum Gasteiger partial charge on any atom is 0.161 e. The summed E-state index contributed by atoms with van der Waals surface area (Å²) in [6.07, 6.45) is 0. The molecule has 3 nitrogen and oxygen atoms in total. The van der Waals surface area contributed by atoms with Crippen LogP contribution in [-0.2, 0) is 13.7 Å². The van der Waals surface area contributed by atoms with Crippen molar-refractivity contribution in [2.45, 2.75) is 6.61 Å². The average molecular weight is 282 g/mol. The zero-order valence-corrected chi connectivity index (χ0v) is 10.4. The fraction of sp³-hybridized carbons (Fsp3) is 0.167. The van der Waals surface area contributed by atoms with Crippen molar-refractivity contribution in [3.8, 4) is 11.5 Å². The quantitative estimate of drug-likeness (QED) is 0.938. The lowest BCUT2D eigenvalue weighted by molar-refractivity contribution is 0.281. The molecule has 0 aliphatic rings. The van der Waals surface area contributed by atoms with E-state index in [1.807, 2.05) is 29.8 Å². The topological polar surface area (TPSA) is 34.4 Å². The van der Waals surface area contributed by atoms with Gasteiger partial charge in [0.05, 0.1) is 10.3 Å². The van der Waals surface area contributed by atoms with Crippen molar-refractivity contribution in [2.75, 3.05) is 0 Å². The van der Waals surface area contributed by atoms with E-state index >= 15 is 0 Å². The van der Waals surface area contributed by atoms with Crippen molar-refractivity contribution in [2.24, 2.45) is 7.05 Å². The number of aromatic nitrogens is 1. The van der Waals surface area contributed by atoms with Crippen LogP contribution in [0.2, 0.25) is 0 Å². The molecule has 0 unspecified atom stereocenters. The fourth-order valence-corrected chi connectivity index (χ4v) is 1.76. The maximum atomic E-state index is 9.52. The Labute approximate surface area is 102 Å². The second-order valence-corrected chi connectivity index (χ2v) is 4.28. The number of benzene rings is 1. The van der Waals surface area contributed by atoms with Gasteiger partial charge in [-0.3, -0.25) is 0 Å². The van der Waals surface area contributed by atoms with Crippen LogP contribution in [0.3, 0.4) is 0 Å². The standard InChI is InChI=1S/C12H12BrNO2/c1-14-9(6-7-12(14)13)8-16-11-5-3-2-4-10(11)15/h2-7,15H,8H2,1H3. The number of para-hydroxylation sites is 2. The van der Waals surface area contributed by atoms with Crippen LogP contribution in [0.4, 0.5) is 0 Å². The molecule has 1 aromatic heterocycles. The second-order valence-electron chi connectivity index (χ2n) is 3.46. The zero-order valence-electron chi connectivity index (χ0n) is 8.85. The van der Waals surface area contributed by atoms with E-state index in [-0.39, 0.29) is 5.75 Å². The van der Waals surface area contributed by atoms with Crippen LogP contribution in [-0.4, -0.2) is 9.67 Å². The molecule has 2 rings (SSSR count). The first-order valence-corrected chi connectivity index (χ1v) is 5.68. The number of aromatic hydroxyl groups is 1. The Morgan fingerprint density at radius 2 is 2.00 bits per heavy atom.